The molecule has 0 unspecified atom stereocenters. The van der Waals surface area contributed by atoms with Crippen molar-refractivity contribution in [3.05, 3.63) is 54.1 Å². The zero-order valence-corrected chi connectivity index (χ0v) is 15.3. The van der Waals surface area contributed by atoms with Crippen LogP contribution in [-0.4, -0.2) is 33.9 Å². The summed E-state index contributed by atoms with van der Waals surface area (Å²) in [5, 5.41) is 8.50. The molecule has 1 N–H and O–H groups in total. The number of benzene rings is 2. The van der Waals surface area contributed by atoms with Gasteiger partial charge in [-0.1, -0.05) is 23.9 Å². The summed E-state index contributed by atoms with van der Waals surface area (Å²) in [4.78, 5) is 38.0. The SMILES string of the molecule is O=C(O)c1ccccc1S[C@@H]1CC(=O)N(c2ccc(SC(F)F)cc2)C1=O. The van der Waals surface area contributed by atoms with E-state index in [0.29, 0.717) is 27.2 Å². The second-order valence-corrected chi connectivity index (χ2v) is 7.86. The van der Waals surface area contributed by atoms with Crippen LogP contribution in [0.25, 0.3) is 0 Å². The second-order valence-electron chi connectivity index (χ2n) is 5.55. The van der Waals surface area contributed by atoms with Crippen LogP contribution >= 0.6 is 23.5 Å². The van der Waals surface area contributed by atoms with E-state index in [1.807, 2.05) is 0 Å². The molecule has 2 amide bonds. The van der Waals surface area contributed by atoms with Crippen molar-refractivity contribution in [1.29, 1.82) is 0 Å². The largest absolute Gasteiger partial charge is 0.478 e. The molecule has 27 heavy (non-hydrogen) atoms. The number of nitrogens with zero attached hydrogens (tertiary/aromatic N) is 1. The number of aromatic carboxylic acids is 1. The topological polar surface area (TPSA) is 74.7 Å². The van der Waals surface area contributed by atoms with Crippen LogP contribution in [0.5, 0.6) is 0 Å². The number of hydrogen-bond donors (Lipinski definition) is 1. The molecule has 5 nitrogen and oxygen atoms in total. The molecule has 1 heterocycles. The lowest BCUT2D eigenvalue weighted by Gasteiger charge is -2.15. The standard InChI is InChI=1S/C18H13F2NO4S2/c19-18(20)26-11-7-5-10(6-8-11)21-15(22)9-14(16(21)23)27-13-4-2-1-3-12(13)17(24)25/h1-8,14,18H,9H2,(H,24,25)/t14-/m1/s1. The fraction of sp³-hybridized carbons (Fsp3) is 0.167. The minimum absolute atomic E-state index is 0.0644. The zero-order valence-electron chi connectivity index (χ0n) is 13.7. The quantitative estimate of drug-likeness (QED) is 0.571. The van der Waals surface area contributed by atoms with Gasteiger partial charge in [-0.2, -0.15) is 8.78 Å². The third-order valence-corrected chi connectivity index (χ3v) is 5.80. The third kappa shape index (κ3) is 4.30. The molecular weight excluding hydrogens is 396 g/mol. The fourth-order valence-corrected chi connectivity index (χ4v) is 4.32. The first-order valence-corrected chi connectivity index (χ1v) is 9.53. The Labute approximate surface area is 161 Å². The zero-order chi connectivity index (χ0) is 19.6. The molecule has 1 aliphatic heterocycles. The van der Waals surface area contributed by atoms with Gasteiger partial charge in [-0.3, -0.25) is 9.59 Å². The molecule has 1 saturated heterocycles. The number of halogens is 2. The van der Waals surface area contributed by atoms with Crippen LogP contribution in [0.1, 0.15) is 16.8 Å². The molecule has 9 heteroatoms. The third-order valence-electron chi connectivity index (χ3n) is 3.81. The molecule has 140 valence electrons. The van der Waals surface area contributed by atoms with Gasteiger partial charge in [0.1, 0.15) is 0 Å². The van der Waals surface area contributed by atoms with Crippen LogP contribution < -0.4 is 4.90 Å². The first kappa shape index (κ1) is 19.4. The summed E-state index contributed by atoms with van der Waals surface area (Å²) in [7, 11) is 0. The highest BCUT2D eigenvalue weighted by Crippen LogP contribution is 2.36. The van der Waals surface area contributed by atoms with Crippen LogP contribution in [0.3, 0.4) is 0 Å². The molecule has 1 fully saturated rings. The van der Waals surface area contributed by atoms with Crippen molar-refractivity contribution in [3.63, 3.8) is 0 Å². The molecular formula is C18H13F2NO4S2. The van der Waals surface area contributed by atoms with E-state index in [2.05, 4.69) is 0 Å². The van der Waals surface area contributed by atoms with E-state index >= 15 is 0 Å². The smallest absolute Gasteiger partial charge is 0.336 e. The van der Waals surface area contributed by atoms with Crippen LogP contribution in [-0.2, 0) is 9.59 Å². The van der Waals surface area contributed by atoms with E-state index in [1.54, 1.807) is 18.2 Å². The van der Waals surface area contributed by atoms with Gasteiger partial charge in [-0.25, -0.2) is 9.69 Å². The summed E-state index contributed by atoms with van der Waals surface area (Å²) in [5.74, 6) is -4.54. The highest BCUT2D eigenvalue weighted by molar-refractivity contribution is 8.00. The Morgan fingerprint density at radius 1 is 1.11 bits per heavy atom. The number of carboxylic acid groups (broad SMARTS) is 1. The van der Waals surface area contributed by atoms with Crippen molar-refractivity contribution in [1.82, 2.24) is 0 Å². The van der Waals surface area contributed by atoms with E-state index in [9.17, 15) is 28.3 Å². The van der Waals surface area contributed by atoms with Gasteiger partial charge in [0.15, 0.2) is 0 Å². The number of thioether (sulfide) groups is 2. The Balaban J connectivity index is 1.78. The first-order chi connectivity index (χ1) is 12.9. The molecule has 0 aromatic heterocycles. The molecule has 2 aromatic carbocycles. The Bertz CT molecular complexity index is 889. The van der Waals surface area contributed by atoms with Gasteiger partial charge in [0.25, 0.3) is 5.76 Å². The lowest BCUT2D eigenvalue weighted by molar-refractivity contribution is -0.121. The summed E-state index contributed by atoms with van der Waals surface area (Å²) >= 11 is 1.41. The first-order valence-electron chi connectivity index (χ1n) is 7.77. The summed E-state index contributed by atoms with van der Waals surface area (Å²) < 4.78 is 24.8. The molecule has 1 atom stereocenters. The number of alkyl halides is 2. The van der Waals surface area contributed by atoms with Gasteiger partial charge in [-0.05, 0) is 36.4 Å². The van der Waals surface area contributed by atoms with E-state index in [4.69, 9.17) is 0 Å². The summed E-state index contributed by atoms with van der Waals surface area (Å²) in [6.07, 6.45) is -0.0645. The molecule has 0 saturated carbocycles. The Morgan fingerprint density at radius 2 is 1.78 bits per heavy atom. The van der Waals surface area contributed by atoms with Gasteiger partial charge in [0, 0.05) is 16.2 Å². The molecule has 1 aliphatic rings. The molecule has 0 bridgehead atoms. The summed E-state index contributed by atoms with van der Waals surface area (Å²) in [6, 6.07) is 12.0. The normalized spacial score (nSPS) is 17.0. The number of imide groups is 1. The highest BCUT2D eigenvalue weighted by Gasteiger charge is 2.40. The number of carbonyl (C=O) groups is 3. The number of anilines is 1. The number of rotatable bonds is 6. The number of hydrogen-bond acceptors (Lipinski definition) is 5. The maximum Gasteiger partial charge on any atom is 0.336 e. The summed E-state index contributed by atoms with van der Waals surface area (Å²) in [5.41, 5.74) is 0.368. The minimum Gasteiger partial charge on any atom is -0.478 e. The molecule has 0 spiro atoms. The van der Waals surface area contributed by atoms with Gasteiger partial charge in [-0.15, -0.1) is 11.8 Å². The van der Waals surface area contributed by atoms with Crippen molar-refractivity contribution in [2.75, 3.05) is 4.90 Å². The maximum absolute atomic E-state index is 12.7. The Kier molecular flexibility index (Phi) is 5.81. The predicted molar refractivity (Wildman–Crippen MR) is 98.5 cm³/mol. The molecule has 0 radical (unpaired) electrons. The van der Waals surface area contributed by atoms with E-state index < -0.39 is 28.8 Å². The van der Waals surface area contributed by atoms with E-state index in [1.165, 1.54) is 30.3 Å². The van der Waals surface area contributed by atoms with E-state index in [-0.39, 0.29) is 12.0 Å². The van der Waals surface area contributed by atoms with Crippen LogP contribution in [0, 0.1) is 0 Å². The predicted octanol–water partition coefficient (Wildman–Crippen LogP) is 4.12. The maximum atomic E-state index is 12.7. The average molecular weight is 409 g/mol. The van der Waals surface area contributed by atoms with Crippen molar-refractivity contribution in [2.45, 2.75) is 27.2 Å². The van der Waals surface area contributed by atoms with Crippen molar-refractivity contribution in [2.24, 2.45) is 0 Å². The monoisotopic (exact) mass is 409 g/mol. The van der Waals surface area contributed by atoms with Gasteiger partial charge in [0.2, 0.25) is 11.8 Å². The Morgan fingerprint density at radius 3 is 2.41 bits per heavy atom. The van der Waals surface area contributed by atoms with Gasteiger partial charge >= 0.3 is 5.97 Å². The summed E-state index contributed by atoms with van der Waals surface area (Å²) in [6.45, 7) is 0. The lowest BCUT2D eigenvalue weighted by Crippen LogP contribution is -2.31. The lowest BCUT2D eigenvalue weighted by atomic mass is 10.2. The average Bonchev–Trinajstić information content (AvgIpc) is 2.89. The molecule has 3 rings (SSSR count). The van der Waals surface area contributed by atoms with Gasteiger partial charge in [0.05, 0.1) is 16.5 Å². The van der Waals surface area contributed by atoms with Crippen LogP contribution in [0.4, 0.5) is 14.5 Å². The Hall–Kier alpha value is -2.39. The van der Waals surface area contributed by atoms with E-state index in [0.717, 1.165) is 16.7 Å². The number of carboxylic acids is 1. The molecule has 2 aromatic rings. The number of amides is 2. The van der Waals surface area contributed by atoms with Crippen molar-refractivity contribution in [3.8, 4) is 0 Å². The van der Waals surface area contributed by atoms with Crippen LogP contribution in [0.2, 0.25) is 0 Å². The molecule has 0 aliphatic carbocycles. The highest BCUT2D eigenvalue weighted by atomic mass is 32.2. The van der Waals surface area contributed by atoms with Crippen LogP contribution in [0.15, 0.2) is 58.3 Å². The van der Waals surface area contributed by atoms with Crippen molar-refractivity contribution < 1.29 is 28.3 Å². The van der Waals surface area contributed by atoms with Crippen molar-refractivity contribution >= 4 is 47.0 Å². The minimum atomic E-state index is -2.55. The number of carbonyl (C=O) groups excluding carboxylic acids is 2. The fourth-order valence-electron chi connectivity index (χ4n) is 2.64. The second kappa shape index (κ2) is 8.10. The van der Waals surface area contributed by atoms with Gasteiger partial charge < -0.3 is 5.11 Å².